The molecule has 0 saturated carbocycles. The van der Waals surface area contributed by atoms with Gasteiger partial charge >= 0.3 is 0 Å². The van der Waals surface area contributed by atoms with Gasteiger partial charge in [-0.1, -0.05) is 23.7 Å². The zero-order valence-electron chi connectivity index (χ0n) is 15.2. The molecular weight excluding hydrogens is 378 g/mol. The molecule has 3 aromatic rings. The van der Waals surface area contributed by atoms with Gasteiger partial charge in [-0.25, -0.2) is 4.98 Å². The second-order valence-electron chi connectivity index (χ2n) is 6.66. The van der Waals surface area contributed by atoms with Crippen LogP contribution in [-0.4, -0.2) is 53.2 Å². The summed E-state index contributed by atoms with van der Waals surface area (Å²) in [5, 5.41) is 4.28. The van der Waals surface area contributed by atoms with Crippen molar-refractivity contribution >= 4 is 28.4 Å². The van der Waals surface area contributed by atoms with Crippen LogP contribution in [0.2, 0.25) is 5.02 Å². The molecule has 0 aliphatic carbocycles. The minimum atomic E-state index is -0.316. The molecule has 1 amide bonds. The summed E-state index contributed by atoms with van der Waals surface area (Å²) in [4.78, 5) is 32.4. The van der Waals surface area contributed by atoms with Crippen LogP contribution < -0.4 is 16.3 Å². The molecule has 0 radical (unpaired) electrons. The predicted molar refractivity (Wildman–Crippen MR) is 110 cm³/mol. The molecule has 2 heterocycles. The molecule has 0 bridgehead atoms. The Morgan fingerprint density at radius 2 is 1.82 bits per heavy atom. The fraction of sp³-hybridized carbons (Fsp3) is 0.250. The van der Waals surface area contributed by atoms with Gasteiger partial charge in [0.25, 0.3) is 11.5 Å². The molecular formula is C20H20ClN5O2. The first-order chi connectivity index (χ1) is 13.6. The Kier molecular flexibility index (Phi) is 5.38. The van der Waals surface area contributed by atoms with Crippen molar-refractivity contribution in [3.8, 4) is 11.4 Å². The third kappa shape index (κ3) is 3.91. The van der Waals surface area contributed by atoms with Crippen molar-refractivity contribution in [2.75, 3.05) is 38.1 Å². The highest BCUT2D eigenvalue weighted by Gasteiger charge is 2.18. The number of rotatable bonds is 4. The first kappa shape index (κ1) is 18.6. The van der Waals surface area contributed by atoms with Crippen LogP contribution in [0.25, 0.3) is 22.3 Å². The van der Waals surface area contributed by atoms with Crippen molar-refractivity contribution in [3.63, 3.8) is 0 Å². The van der Waals surface area contributed by atoms with Crippen molar-refractivity contribution in [1.82, 2.24) is 19.9 Å². The van der Waals surface area contributed by atoms with E-state index in [1.807, 2.05) is 11.0 Å². The summed E-state index contributed by atoms with van der Waals surface area (Å²) < 4.78 is 1.23. The number of aromatic nitrogens is 2. The van der Waals surface area contributed by atoms with Crippen LogP contribution in [0.4, 0.5) is 0 Å². The maximum atomic E-state index is 13.1. The van der Waals surface area contributed by atoms with E-state index in [4.69, 9.17) is 11.6 Å². The number of carbonyl (C=O) groups excluding carboxylic acids is 1. The van der Waals surface area contributed by atoms with Crippen molar-refractivity contribution in [2.24, 2.45) is 0 Å². The number of hydrogen-bond donors (Lipinski definition) is 2. The highest BCUT2D eigenvalue weighted by molar-refractivity contribution is 6.30. The van der Waals surface area contributed by atoms with E-state index >= 15 is 0 Å². The molecule has 1 fully saturated rings. The van der Waals surface area contributed by atoms with Crippen LogP contribution in [-0.2, 0) is 4.79 Å². The molecule has 0 spiro atoms. The average Bonchev–Trinajstić information content (AvgIpc) is 2.71. The van der Waals surface area contributed by atoms with E-state index in [0.717, 1.165) is 26.2 Å². The van der Waals surface area contributed by atoms with Crippen LogP contribution in [0.5, 0.6) is 0 Å². The first-order valence-electron chi connectivity index (χ1n) is 9.12. The smallest absolute Gasteiger partial charge is 0.280 e. The van der Waals surface area contributed by atoms with E-state index in [9.17, 15) is 9.59 Å². The van der Waals surface area contributed by atoms with Crippen molar-refractivity contribution in [1.29, 1.82) is 0 Å². The Labute approximate surface area is 166 Å². The normalized spacial score (nSPS) is 14.9. The summed E-state index contributed by atoms with van der Waals surface area (Å²) in [7, 11) is 0. The van der Waals surface area contributed by atoms with Gasteiger partial charge in [-0.15, -0.1) is 0 Å². The molecule has 1 aliphatic rings. The number of amides is 1. The fourth-order valence-corrected chi connectivity index (χ4v) is 3.39. The quantitative estimate of drug-likeness (QED) is 0.700. The number of nitrogens with zero attached hydrogens (tertiary/aromatic N) is 3. The molecule has 2 aromatic carbocycles. The first-order valence-corrected chi connectivity index (χ1v) is 9.50. The minimum Gasteiger partial charge on any atom is -0.314 e. The highest BCUT2D eigenvalue weighted by atomic mass is 35.5. The SMILES string of the molecule is O=C(CN1CCNCC1)Nn1c(-c2ccc(Cl)cc2)nc2ccccc2c1=O. The zero-order valence-corrected chi connectivity index (χ0v) is 15.9. The molecule has 2 N–H and O–H groups in total. The van der Waals surface area contributed by atoms with Gasteiger partial charge in [-0.3, -0.25) is 19.9 Å². The van der Waals surface area contributed by atoms with Crippen LogP contribution >= 0.6 is 11.6 Å². The number of benzene rings is 2. The Bertz CT molecular complexity index is 1060. The monoisotopic (exact) mass is 397 g/mol. The summed E-state index contributed by atoms with van der Waals surface area (Å²) in [6, 6.07) is 14.1. The Balaban J connectivity index is 1.73. The summed E-state index contributed by atoms with van der Waals surface area (Å²) in [6.07, 6.45) is 0. The number of carbonyl (C=O) groups is 1. The van der Waals surface area contributed by atoms with Gasteiger partial charge < -0.3 is 5.32 Å². The third-order valence-electron chi connectivity index (χ3n) is 4.69. The van der Waals surface area contributed by atoms with Crippen molar-refractivity contribution in [3.05, 3.63) is 63.9 Å². The molecule has 28 heavy (non-hydrogen) atoms. The zero-order chi connectivity index (χ0) is 19.5. The fourth-order valence-electron chi connectivity index (χ4n) is 3.26. The lowest BCUT2D eigenvalue weighted by molar-refractivity contribution is -0.118. The molecule has 1 saturated heterocycles. The van der Waals surface area contributed by atoms with Gasteiger partial charge in [0.1, 0.15) is 0 Å². The summed E-state index contributed by atoms with van der Waals surface area (Å²) in [6.45, 7) is 3.51. The van der Waals surface area contributed by atoms with Crippen LogP contribution in [0.15, 0.2) is 53.3 Å². The number of fused-ring (bicyclic) bond motifs is 1. The Morgan fingerprint density at radius 3 is 2.57 bits per heavy atom. The van der Waals surface area contributed by atoms with Crippen molar-refractivity contribution < 1.29 is 4.79 Å². The molecule has 144 valence electrons. The second kappa shape index (κ2) is 8.10. The summed E-state index contributed by atoms with van der Waals surface area (Å²) >= 11 is 5.99. The minimum absolute atomic E-state index is 0.223. The Morgan fingerprint density at radius 1 is 1.11 bits per heavy atom. The van der Waals surface area contributed by atoms with E-state index in [-0.39, 0.29) is 18.0 Å². The molecule has 0 atom stereocenters. The van der Waals surface area contributed by atoms with Crippen LogP contribution in [0, 0.1) is 0 Å². The number of piperazine rings is 1. The lowest BCUT2D eigenvalue weighted by Crippen LogP contribution is -2.48. The van der Waals surface area contributed by atoms with E-state index < -0.39 is 0 Å². The maximum absolute atomic E-state index is 13.1. The van der Waals surface area contributed by atoms with Crippen LogP contribution in [0.1, 0.15) is 0 Å². The van der Waals surface area contributed by atoms with Gasteiger partial charge in [-0.05, 0) is 36.4 Å². The molecule has 1 aromatic heterocycles. The summed E-state index contributed by atoms with van der Waals surface area (Å²) in [5.74, 6) is 0.116. The topological polar surface area (TPSA) is 79.3 Å². The van der Waals surface area contributed by atoms with Gasteiger partial charge in [0.2, 0.25) is 0 Å². The van der Waals surface area contributed by atoms with Gasteiger partial charge in [0, 0.05) is 36.8 Å². The third-order valence-corrected chi connectivity index (χ3v) is 4.94. The molecule has 8 heteroatoms. The van der Waals surface area contributed by atoms with Gasteiger partial charge in [-0.2, -0.15) is 4.68 Å². The van der Waals surface area contributed by atoms with E-state index in [2.05, 4.69) is 15.7 Å². The number of halogens is 1. The number of nitrogens with one attached hydrogen (secondary N) is 2. The largest absolute Gasteiger partial charge is 0.314 e. The number of para-hydroxylation sites is 1. The van der Waals surface area contributed by atoms with E-state index in [0.29, 0.717) is 27.3 Å². The van der Waals surface area contributed by atoms with Crippen molar-refractivity contribution in [2.45, 2.75) is 0 Å². The standard InChI is InChI=1S/C20H20ClN5O2/c21-15-7-5-14(6-8-15)19-23-17-4-2-1-3-16(17)20(28)26(19)24-18(27)13-25-11-9-22-10-12-25/h1-8,22H,9-13H2,(H,24,27). The van der Waals surface area contributed by atoms with Gasteiger partial charge in [0.05, 0.1) is 17.4 Å². The maximum Gasteiger partial charge on any atom is 0.280 e. The van der Waals surface area contributed by atoms with E-state index in [1.54, 1.807) is 42.5 Å². The lowest BCUT2D eigenvalue weighted by Gasteiger charge is -2.26. The van der Waals surface area contributed by atoms with E-state index in [1.165, 1.54) is 4.68 Å². The second-order valence-corrected chi connectivity index (χ2v) is 7.10. The molecule has 0 unspecified atom stereocenters. The molecule has 4 rings (SSSR count). The number of hydrogen-bond acceptors (Lipinski definition) is 5. The molecule has 7 nitrogen and oxygen atoms in total. The lowest BCUT2D eigenvalue weighted by atomic mass is 10.2. The average molecular weight is 398 g/mol. The highest BCUT2D eigenvalue weighted by Crippen LogP contribution is 2.20. The predicted octanol–water partition coefficient (Wildman–Crippen LogP) is 1.69. The molecule has 1 aliphatic heterocycles. The van der Waals surface area contributed by atoms with Crippen LogP contribution in [0.3, 0.4) is 0 Å². The Hall–Kier alpha value is -2.74. The summed E-state index contributed by atoms with van der Waals surface area (Å²) in [5.41, 5.74) is 3.69. The van der Waals surface area contributed by atoms with Gasteiger partial charge in [0.15, 0.2) is 5.82 Å².